The first-order valence-corrected chi connectivity index (χ1v) is 17.8. The summed E-state index contributed by atoms with van der Waals surface area (Å²) in [6.07, 6.45) is 19.7. The molecule has 0 unspecified atom stereocenters. The van der Waals surface area contributed by atoms with Crippen molar-refractivity contribution in [3.63, 3.8) is 0 Å². The van der Waals surface area contributed by atoms with E-state index in [0.29, 0.717) is 24.0 Å². The van der Waals surface area contributed by atoms with Crippen molar-refractivity contribution in [2.45, 2.75) is 87.2 Å². The lowest BCUT2D eigenvalue weighted by molar-refractivity contribution is -0.130. The van der Waals surface area contributed by atoms with Gasteiger partial charge >= 0.3 is 10.4 Å². The Morgan fingerprint density at radius 2 is 1.52 bits per heavy atom. The van der Waals surface area contributed by atoms with Crippen LogP contribution in [-0.2, 0) is 24.2 Å². The molecule has 0 amide bonds. The highest BCUT2D eigenvalue weighted by Crippen LogP contribution is 2.51. The maximum atomic E-state index is 13.0. The van der Waals surface area contributed by atoms with Crippen LogP contribution in [-0.4, -0.2) is 59.2 Å². The average Bonchev–Trinajstić information content (AvgIpc) is 3.24. The van der Waals surface area contributed by atoms with Crippen molar-refractivity contribution in [3.05, 3.63) is 106 Å². The number of carbonyl (C=O) groups excluding carboxylic acids is 2. The molecule has 0 aromatic carbocycles. The number of hydrogen-bond acceptors (Lipinski definition) is 8. The van der Waals surface area contributed by atoms with E-state index >= 15 is 0 Å². The minimum absolute atomic E-state index is 0.0398. The van der Waals surface area contributed by atoms with Crippen LogP contribution in [0.25, 0.3) is 0 Å². The lowest BCUT2D eigenvalue weighted by Gasteiger charge is -2.36. The van der Waals surface area contributed by atoms with Gasteiger partial charge in [0.2, 0.25) is 0 Å². The third-order valence-corrected chi connectivity index (χ3v) is 9.89. The maximum Gasteiger partial charge on any atom is 0.397 e. The molecular formula is C40H52O9S. The molecule has 50 heavy (non-hydrogen) atoms. The quantitative estimate of drug-likeness (QED) is 0.0514. The van der Waals surface area contributed by atoms with Gasteiger partial charge in [-0.2, -0.15) is 8.42 Å². The largest absolute Gasteiger partial charge is 0.508 e. The molecule has 3 atom stereocenters. The minimum Gasteiger partial charge on any atom is -0.508 e. The number of carbonyl (C=O) groups is 2. The van der Waals surface area contributed by atoms with Gasteiger partial charge in [-0.3, -0.25) is 14.1 Å². The lowest BCUT2D eigenvalue weighted by Crippen LogP contribution is -2.41. The van der Waals surface area contributed by atoms with Gasteiger partial charge in [0.25, 0.3) is 0 Å². The van der Waals surface area contributed by atoms with Crippen LogP contribution in [0.2, 0.25) is 0 Å². The summed E-state index contributed by atoms with van der Waals surface area (Å²) in [6.45, 7) is 14.1. The van der Waals surface area contributed by atoms with E-state index in [2.05, 4.69) is 11.8 Å². The average molecular weight is 709 g/mol. The van der Waals surface area contributed by atoms with Gasteiger partial charge in [-0.15, -0.1) is 0 Å². The van der Waals surface area contributed by atoms with E-state index in [9.17, 15) is 33.3 Å². The second-order valence-corrected chi connectivity index (χ2v) is 15.4. The van der Waals surface area contributed by atoms with Crippen LogP contribution >= 0.6 is 0 Å². The SMILES string of the molecule is CC1=C(C#C/C(=C/C=C/C(C)=C/C=C/C=C(C)/C=C/C=C(C)/C(O)=C/C(=O)[C@]2(C)CC(=O)C[C@@]2(C)CO)CO)C(C)(C)C[C@H](OS(=O)(=O)O)C1. The molecule has 0 saturated heterocycles. The zero-order chi connectivity index (χ0) is 37.9. The normalized spacial score (nSPS) is 26.0. The molecule has 2 aliphatic rings. The third-order valence-electron chi connectivity index (χ3n) is 9.38. The second-order valence-electron chi connectivity index (χ2n) is 14.3. The molecule has 9 nitrogen and oxygen atoms in total. The molecule has 0 spiro atoms. The summed E-state index contributed by atoms with van der Waals surface area (Å²) in [6, 6.07) is 0. The number of rotatable bonds is 13. The molecule has 2 rings (SSSR count). The highest BCUT2D eigenvalue weighted by molar-refractivity contribution is 7.80. The molecule has 0 aromatic rings. The van der Waals surface area contributed by atoms with Gasteiger partial charge in [-0.1, -0.05) is 111 Å². The highest BCUT2D eigenvalue weighted by Gasteiger charge is 2.55. The Bertz CT molecular complexity index is 1760. The van der Waals surface area contributed by atoms with Gasteiger partial charge in [-0.25, -0.2) is 4.18 Å². The molecule has 0 heterocycles. The fourth-order valence-electron chi connectivity index (χ4n) is 6.14. The van der Waals surface area contributed by atoms with Crippen molar-refractivity contribution in [1.29, 1.82) is 0 Å². The first-order chi connectivity index (χ1) is 23.2. The first kappa shape index (κ1) is 42.3. The summed E-state index contributed by atoms with van der Waals surface area (Å²) < 4.78 is 36.2. The molecule has 0 aromatic heterocycles. The van der Waals surface area contributed by atoms with E-state index in [1.54, 1.807) is 45.1 Å². The zero-order valence-corrected chi connectivity index (χ0v) is 31.2. The summed E-state index contributed by atoms with van der Waals surface area (Å²) in [4.78, 5) is 25.1. The van der Waals surface area contributed by atoms with Crippen molar-refractivity contribution in [1.82, 2.24) is 0 Å². The first-order valence-electron chi connectivity index (χ1n) is 16.5. The summed E-state index contributed by atoms with van der Waals surface area (Å²) in [7, 11) is -4.54. The van der Waals surface area contributed by atoms with Crippen molar-refractivity contribution >= 4 is 22.0 Å². The summed E-state index contributed by atoms with van der Waals surface area (Å²) in [5, 5.41) is 30.2. The Hall–Kier alpha value is -3.85. The number of aliphatic hydroxyl groups is 3. The molecule has 0 aliphatic heterocycles. The van der Waals surface area contributed by atoms with E-state index in [1.807, 2.05) is 71.1 Å². The Balaban J connectivity index is 2.02. The third kappa shape index (κ3) is 12.2. The molecule has 0 radical (unpaired) electrons. The molecule has 0 bridgehead atoms. The monoisotopic (exact) mass is 708 g/mol. The second kappa shape index (κ2) is 17.9. The van der Waals surface area contributed by atoms with Gasteiger partial charge in [-0.05, 0) is 52.2 Å². The van der Waals surface area contributed by atoms with Crippen LogP contribution in [0, 0.1) is 28.1 Å². The van der Waals surface area contributed by atoms with Gasteiger partial charge in [0.1, 0.15) is 11.5 Å². The van der Waals surface area contributed by atoms with Crippen LogP contribution in [0.3, 0.4) is 0 Å². The van der Waals surface area contributed by atoms with E-state index in [1.165, 1.54) is 0 Å². The molecule has 1 saturated carbocycles. The summed E-state index contributed by atoms with van der Waals surface area (Å²) >= 11 is 0. The van der Waals surface area contributed by atoms with E-state index in [4.69, 9.17) is 8.74 Å². The molecule has 272 valence electrons. The highest BCUT2D eigenvalue weighted by atomic mass is 32.3. The Labute approximate surface area is 297 Å². The Morgan fingerprint density at radius 3 is 2.04 bits per heavy atom. The van der Waals surface area contributed by atoms with Gasteiger partial charge in [0.05, 0.1) is 12.7 Å². The Morgan fingerprint density at radius 1 is 0.940 bits per heavy atom. The van der Waals surface area contributed by atoms with E-state index < -0.39 is 32.7 Å². The van der Waals surface area contributed by atoms with Crippen LogP contribution < -0.4 is 0 Å². The van der Waals surface area contributed by atoms with E-state index in [-0.39, 0.29) is 43.4 Å². The fraction of sp³-hybridized carbons (Fsp3) is 0.450. The number of ketones is 2. The molecule has 1 fully saturated rings. The Kier molecular flexibility index (Phi) is 15.1. The summed E-state index contributed by atoms with van der Waals surface area (Å²) in [5.41, 5.74) is 2.23. The summed E-state index contributed by atoms with van der Waals surface area (Å²) in [5.74, 6) is 5.53. The lowest BCUT2D eigenvalue weighted by atomic mass is 9.66. The van der Waals surface area contributed by atoms with Crippen LogP contribution in [0.1, 0.15) is 81.1 Å². The van der Waals surface area contributed by atoms with Crippen molar-refractivity contribution < 1.29 is 42.1 Å². The number of aliphatic hydroxyl groups excluding tert-OH is 3. The maximum absolute atomic E-state index is 13.0. The smallest absolute Gasteiger partial charge is 0.397 e. The topological polar surface area (TPSA) is 158 Å². The number of allylic oxidation sites excluding steroid dienone is 15. The van der Waals surface area contributed by atoms with Crippen LogP contribution in [0.15, 0.2) is 106 Å². The number of Topliss-reactive ketones (excluding diaryl/α,β-unsaturated/α-hetero) is 1. The van der Waals surface area contributed by atoms with Crippen molar-refractivity contribution in [2.75, 3.05) is 13.2 Å². The van der Waals surface area contributed by atoms with Gasteiger partial charge in [0.15, 0.2) is 5.78 Å². The fourth-order valence-corrected chi connectivity index (χ4v) is 6.62. The van der Waals surface area contributed by atoms with Crippen LogP contribution in [0.5, 0.6) is 0 Å². The molecule has 4 N–H and O–H groups in total. The van der Waals surface area contributed by atoms with E-state index in [0.717, 1.165) is 28.4 Å². The standard InChI is InChI=1S/C40H52O9S/c1-28(15-11-17-30(3)36(44)22-37(45)40(8)24-33(43)23-39(40,7)27-42)13-9-10-14-29(2)16-12-18-32(26-41)19-20-35-31(4)21-34(25-38(35,5)6)49-50(46,47)48/h9-18,22,34,41-42,44H,21,23-27H2,1-8H3,(H,46,47,48)/b10-9+,15-11+,16-12+,28-13+,29-14+,30-17+,32-18-,36-22-/t34-,39+,40+/m1/s1. The molecule has 2 aliphatic carbocycles. The van der Waals surface area contributed by atoms with Gasteiger partial charge in [0, 0.05) is 52.9 Å². The minimum atomic E-state index is -4.54. The molecule has 10 heteroatoms. The van der Waals surface area contributed by atoms with Gasteiger partial charge < -0.3 is 15.3 Å². The molecular weight excluding hydrogens is 656 g/mol. The predicted octanol–water partition coefficient (Wildman–Crippen LogP) is 7.12. The predicted molar refractivity (Wildman–Crippen MR) is 197 cm³/mol. The van der Waals surface area contributed by atoms with Crippen molar-refractivity contribution in [2.24, 2.45) is 16.2 Å². The van der Waals surface area contributed by atoms with Crippen LogP contribution in [0.4, 0.5) is 0 Å². The zero-order valence-electron chi connectivity index (χ0n) is 30.4. The van der Waals surface area contributed by atoms with Crippen molar-refractivity contribution in [3.8, 4) is 11.8 Å². The number of hydrogen-bond donors (Lipinski definition) is 4.